The molecule has 1 saturated heterocycles. The first-order valence-electron chi connectivity index (χ1n) is 10.5. The zero-order valence-electron chi connectivity index (χ0n) is 18.0. The lowest BCUT2D eigenvalue weighted by molar-refractivity contribution is -0.124. The van der Waals surface area contributed by atoms with Crippen LogP contribution in [0.5, 0.6) is 0 Å². The van der Waals surface area contributed by atoms with Crippen LogP contribution in [0.2, 0.25) is 0 Å². The fourth-order valence-corrected chi connectivity index (χ4v) is 5.69. The molecule has 3 amide bonds. The van der Waals surface area contributed by atoms with Crippen LogP contribution in [0.25, 0.3) is 0 Å². The molecule has 172 valence electrons. The van der Waals surface area contributed by atoms with E-state index in [-0.39, 0.29) is 17.3 Å². The van der Waals surface area contributed by atoms with Crippen LogP contribution >= 0.6 is 11.8 Å². The van der Waals surface area contributed by atoms with Gasteiger partial charge < -0.3 is 5.32 Å². The Hall–Kier alpha value is -3.72. The van der Waals surface area contributed by atoms with Crippen molar-refractivity contribution in [1.82, 2.24) is 0 Å². The maximum Gasteiger partial charge on any atom is 0.269 e. The number of fused-ring (bicyclic) bond motifs is 2. The number of hydrogen-bond acceptors (Lipinski definition) is 4. The Labute approximate surface area is 198 Å². The summed E-state index contributed by atoms with van der Waals surface area (Å²) in [6.07, 6.45) is 0. The molecule has 1 fully saturated rings. The molecular weight excluding hydrogens is 460 g/mol. The molecule has 1 N–H and O–H groups in total. The highest BCUT2D eigenvalue weighted by molar-refractivity contribution is 8.02. The second-order valence-electron chi connectivity index (χ2n) is 8.08. The molecule has 5 rings (SSSR count). The van der Waals surface area contributed by atoms with Crippen molar-refractivity contribution in [3.8, 4) is 0 Å². The molecule has 6 nitrogen and oxygen atoms in total. The van der Waals surface area contributed by atoms with Gasteiger partial charge in [-0.15, -0.1) is 11.8 Å². The number of nitrogens with zero attached hydrogens (tertiary/aromatic N) is 2. The topological polar surface area (TPSA) is 69.7 Å². The van der Waals surface area contributed by atoms with E-state index in [1.165, 1.54) is 21.6 Å². The van der Waals surface area contributed by atoms with E-state index in [1.807, 2.05) is 19.1 Å². The number of thioether (sulfide) groups is 1. The van der Waals surface area contributed by atoms with Gasteiger partial charge in [-0.05, 0) is 37.3 Å². The van der Waals surface area contributed by atoms with Crippen molar-refractivity contribution in [2.24, 2.45) is 0 Å². The first-order valence-corrected chi connectivity index (χ1v) is 11.5. The minimum Gasteiger partial charge on any atom is -0.322 e. The number of rotatable bonds is 4. The predicted molar refractivity (Wildman–Crippen MR) is 127 cm³/mol. The number of hydrogen-bond donors (Lipinski definition) is 1. The monoisotopic (exact) mass is 479 g/mol. The average Bonchev–Trinajstić information content (AvgIpc) is 3.27. The zero-order chi connectivity index (χ0) is 24.0. The predicted octanol–water partition coefficient (Wildman–Crippen LogP) is 4.19. The molecule has 2 aliphatic heterocycles. The van der Waals surface area contributed by atoms with Crippen LogP contribution in [0.3, 0.4) is 0 Å². The highest BCUT2D eigenvalue weighted by Gasteiger charge is 2.61. The molecule has 34 heavy (non-hydrogen) atoms. The van der Waals surface area contributed by atoms with Gasteiger partial charge in [0.2, 0.25) is 16.7 Å². The fourth-order valence-electron chi connectivity index (χ4n) is 4.33. The fraction of sp³-hybridized carbons (Fsp3) is 0.160. The third-order valence-corrected chi connectivity index (χ3v) is 7.25. The number of halogens is 2. The van der Waals surface area contributed by atoms with Crippen molar-refractivity contribution in [2.75, 3.05) is 27.4 Å². The lowest BCUT2D eigenvalue weighted by Crippen LogP contribution is -2.50. The van der Waals surface area contributed by atoms with Crippen molar-refractivity contribution in [3.63, 3.8) is 0 Å². The Morgan fingerprint density at radius 2 is 1.79 bits per heavy atom. The van der Waals surface area contributed by atoms with Gasteiger partial charge >= 0.3 is 0 Å². The number of para-hydroxylation sites is 1. The summed E-state index contributed by atoms with van der Waals surface area (Å²) in [5.41, 5.74) is 2.52. The maximum atomic E-state index is 14.0. The molecule has 1 spiro atoms. The number of carbonyl (C=O) groups excluding carboxylic acids is 3. The van der Waals surface area contributed by atoms with Crippen LogP contribution in [0.15, 0.2) is 66.7 Å². The number of anilines is 3. The van der Waals surface area contributed by atoms with Crippen molar-refractivity contribution >= 4 is 46.5 Å². The van der Waals surface area contributed by atoms with E-state index in [4.69, 9.17) is 0 Å². The van der Waals surface area contributed by atoms with Gasteiger partial charge in [-0.2, -0.15) is 0 Å². The first-order chi connectivity index (χ1) is 16.3. The van der Waals surface area contributed by atoms with Gasteiger partial charge in [-0.3, -0.25) is 24.2 Å². The first kappa shape index (κ1) is 22.1. The maximum absolute atomic E-state index is 14.0. The van der Waals surface area contributed by atoms with E-state index in [0.717, 1.165) is 17.7 Å². The van der Waals surface area contributed by atoms with Gasteiger partial charge in [-0.1, -0.05) is 35.9 Å². The highest BCUT2D eigenvalue weighted by atomic mass is 32.2. The smallest absolute Gasteiger partial charge is 0.269 e. The van der Waals surface area contributed by atoms with Crippen molar-refractivity contribution < 1.29 is 23.2 Å². The van der Waals surface area contributed by atoms with Gasteiger partial charge in [0.05, 0.1) is 17.1 Å². The lowest BCUT2D eigenvalue weighted by Gasteiger charge is -2.33. The number of benzene rings is 3. The van der Waals surface area contributed by atoms with Gasteiger partial charge in [-0.25, -0.2) is 8.78 Å². The summed E-state index contributed by atoms with van der Waals surface area (Å²) in [7, 11) is 0. The SMILES string of the molecule is Cc1ccc(N2C(=O)CS[C@@]23C(=O)N(CC(=O)Nc2ccc(F)cc2F)c2ccccc23)cc1. The third-order valence-electron chi connectivity index (χ3n) is 5.86. The summed E-state index contributed by atoms with van der Waals surface area (Å²) in [4.78, 5) is 41.1. The Balaban J connectivity index is 1.50. The van der Waals surface area contributed by atoms with Crippen LogP contribution in [0.4, 0.5) is 25.8 Å². The highest BCUT2D eigenvalue weighted by Crippen LogP contribution is 2.55. The second kappa shape index (κ2) is 8.25. The van der Waals surface area contributed by atoms with Gasteiger partial charge in [0.1, 0.15) is 18.2 Å². The Kier molecular flexibility index (Phi) is 5.36. The van der Waals surface area contributed by atoms with E-state index in [2.05, 4.69) is 5.32 Å². The van der Waals surface area contributed by atoms with Crippen LogP contribution in [-0.2, 0) is 19.3 Å². The van der Waals surface area contributed by atoms with Gasteiger partial charge in [0.15, 0.2) is 0 Å². The number of amides is 3. The quantitative estimate of drug-likeness (QED) is 0.609. The lowest BCUT2D eigenvalue weighted by atomic mass is 10.0. The second-order valence-corrected chi connectivity index (χ2v) is 9.25. The van der Waals surface area contributed by atoms with E-state index in [0.29, 0.717) is 23.0 Å². The zero-order valence-corrected chi connectivity index (χ0v) is 18.9. The molecular formula is C25H19F2N3O3S. The standard InChI is InChI=1S/C25H19F2N3O3S/c1-15-6-9-17(10-7-15)30-23(32)14-34-25(30)18-4-2-3-5-21(18)29(24(25)33)13-22(31)28-20-11-8-16(26)12-19(20)27/h2-12H,13-14H2,1H3,(H,28,31)/t25-/m0/s1. The summed E-state index contributed by atoms with van der Waals surface area (Å²) in [5.74, 6) is -2.87. The third kappa shape index (κ3) is 3.43. The molecule has 0 saturated carbocycles. The Bertz CT molecular complexity index is 1330. The van der Waals surface area contributed by atoms with Crippen LogP contribution < -0.4 is 15.1 Å². The molecule has 0 bridgehead atoms. The minimum atomic E-state index is -1.34. The molecule has 9 heteroatoms. The summed E-state index contributed by atoms with van der Waals surface area (Å²) in [6.45, 7) is 1.53. The summed E-state index contributed by atoms with van der Waals surface area (Å²) >= 11 is 1.21. The molecule has 0 aliphatic carbocycles. The Morgan fingerprint density at radius 3 is 2.53 bits per heavy atom. The number of carbonyl (C=O) groups is 3. The molecule has 1 atom stereocenters. The van der Waals surface area contributed by atoms with E-state index in [9.17, 15) is 23.2 Å². The van der Waals surface area contributed by atoms with Crippen LogP contribution in [0, 0.1) is 18.6 Å². The largest absolute Gasteiger partial charge is 0.322 e. The summed E-state index contributed by atoms with van der Waals surface area (Å²) in [5, 5.41) is 2.39. The minimum absolute atomic E-state index is 0.106. The van der Waals surface area contributed by atoms with Crippen LogP contribution in [0.1, 0.15) is 11.1 Å². The van der Waals surface area contributed by atoms with E-state index in [1.54, 1.807) is 36.4 Å². The van der Waals surface area contributed by atoms with Gasteiger partial charge in [0, 0.05) is 17.3 Å². The molecule has 3 aromatic rings. The van der Waals surface area contributed by atoms with Crippen molar-refractivity contribution in [3.05, 3.63) is 89.5 Å². The van der Waals surface area contributed by atoms with E-state index >= 15 is 0 Å². The molecule has 0 radical (unpaired) electrons. The number of nitrogens with one attached hydrogen (secondary N) is 1. The molecule has 0 aromatic heterocycles. The molecule has 0 unspecified atom stereocenters. The van der Waals surface area contributed by atoms with Gasteiger partial charge in [0.25, 0.3) is 5.91 Å². The summed E-state index contributed by atoms with van der Waals surface area (Å²) < 4.78 is 27.2. The van der Waals surface area contributed by atoms with Crippen molar-refractivity contribution in [1.29, 1.82) is 0 Å². The Morgan fingerprint density at radius 1 is 1.06 bits per heavy atom. The average molecular weight is 480 g/mol. The van der Waals surface area contributed by atoms with E-state index < -0.39 is 34.9 Å². The normalized spacial score (nSPS) is 19.1. The van der Waals surface area contributed by atoms with Crippen molar-refractivity contribution in [2.45, 2.75) is 11.8 Å². The number of aryl methyl sites for hydroxylation is 1. The molecule has 3 aromatic carbocycles. The molecule has 2 aliphatic rings. The summed E-state index contributed by atoms with van der Waals surface area (Å²) in [6, 6.07) is 17.2. The molecule has 2 heterocycles. The van der Waals surface area contributed by atoms with Crippen LogP contribution in [-0.4, -0.2) is 30.0 Å².